The molecule has 1 heterocycles. The molecule has 0 saturated carbocycles. The lowest BCUT2D eigenvalue weighted by Crippen LogP contribution is -2.30. The highest BCUT2D eigenvalue weighted by molar-refractivity contribution is 5.84. The van der Waals surface area contributed by atoms with Crippen LogP contribution in [0, 0.1) is 0 Å². The van der Waals surface area contributed by atoms with Crippen molar-refractivity contribution in [3.63, 3.8) is 0 Å². The third kappa shape index (κ3) is 4.14. The van der Waals surface area contributed by atoms with Crippen molar-refractivity contribution in [2.75, 3.05) is 20.3 Å². The van der Waals surface area contributed by atoms with Crippen LogP contribution in [0.2, 0.25) is 0 Å². The molecular weight excluding hydrogens is 354 g/mol. The lowest BCUT2D eigenvalue weighted by atomic mass is 9.96. The SMILES string of the molecule is COc1ccc(CCNC(=O)COc2ccc3oc4c(c3c2)CCCC4)cc1. The average Bonchev–Trinajstić information content (AvgIpc) is 3.11. The van der Waals surface area contributed by atoms with Crippen LogP contribution in [0.4, 0.5) is 0 Å². The summed E-state index contributed by atoms with van der Waals surface area (Å²) in [6, 6.07) is 13.6. The van der Waals surface area contributed by atoms with E-state index in [9.17, 15) is 4.79 Å². The molecule has 1 aromatic heterocycles. The van der Waals surface area contributed by atoms with Crippen molar-refractivity contribution in [2.45, 2.75) is 32.1 Å². The Morgan fingerprint density at radius 2 is 1.86 bits per heavy atom. The number of furan rings is 1. The molecule has 0 bridgehead atoms. The van der Waals surface area contributed by atoms with Crippen LogP contribution in [0.25, 0.3) is 11.0 Å². The number of benzene rings is 2. The third-order valence-corrected chi connectivity index (χ3v) is 5.19. The fraction of sp³-hybridized carbons (Fsp3) is 0.348. The van der Waals surface area contributed by atoms with Gasteiger partial charge in [-0.05, 0) is 61.6 Å². The normalized spacial score (nSPS) is 13.2. The molecular formula is C23H25NO4. The first kappa shape index (κ1) is 18.4. The van der Waals surface area contributed by atoms with E-state index in [0.717, 1.165) is 47.3 Å². The van der Waals surface area contributed by atoms with Crippen molar-refractivity contribution in [1.29, 1.82) is 0 Å². The molecule has 0 radical (unpaired) electrons. The molecule has 0 fully saturated rings. The Bertz CT molecular complexity index is 959. The van der Waals surface area contributed by atoms with Gasteiger partial charge < -0.3 is 19.2 Å². The fourth-order valence-electron chi connectivity index (χ4n) is 3.67. The standard InChI is InChI=1S/C23H25NO4/c1-26-17-8-6-16(7-9-17)12-13-24-23(25)15-27-18-10-11-22-20(14-18)19-4-2-3-5-21(19)28-22/h6-11,14H,2-5,12-13,15H2,1H3,(H,24,25). The Kier molecular flexibility index (Phi) is 5.51. The highest BCUT2D eigenvalue weighted by atomic mass is 16.5. The largest absolute Gasteiger partial charge is 0.497 e. The summed E-state index contributed by atoms with van der Waals surface area (Å²) in [5.41, 5.74) is 3.36. The number of ether oxygens (including phenoxy) is 2. The smallest absolute Gasteiger partial charge is 0.257 e. The van der Waals surface area contributed by atoms with E-state index < -0.39 is 0 Å². The second kappa shape index (κ2) is 8.38. The first-order chi connectivity index (χ1) is 13.7. The predicted octanol–water partition coefficient (Wildman–Crippen LogP) is 4.06. The van der Waals surface area contributed by atoms with Gasteiger partial charge in [-0.25, -0.2) is 0 Å². The van der Waals surface area contributed by atoms with Gasteiger partial charge in [0.05, 0.1) is 7.11 Å². The third-order valence-electron chi connectivity index (χ3n) is 5.19. The van der Waals surface area contributed by atoms with Crippen LogP contribution in [-0.4, -0.2) is 26.2 Å². The van der Waals surface area contributed by atoms with Crippen LogP contribution in [0.3, 0.4) is 0 Å². The molecule has 1 N–H and O–H groups in total. The summed E-state index contributed by atoms with van der Waals surface area (Å²) in [4.78, 5) is 12.1. The predicted molar refractivity (Wildman–Crippen MR) is 108 cm³/mol. The van der Waals surface area contributed by atoms with Gasteiger partial charge >= 0.3 is 0 Å². The van der Waals surface area contributed by atoms with Crippen LogP contribution in [-0.2, 0) is 24.1 Å². The monoisotopic (exact) mass is 379 g/mol. The summed E-state index contributed by atoms with van der Waals surface area (Å²) in [6.07, 6.45) is 5.22. The second-order valence-corrected chi connectivity index (χ2v) is 7.11. The molecule has 3 aromatic rings. The van der Waals surface area contributed by atoms with E-state index in [-0.39, 0.29) is 12.5 Å². The van der Waals surface area contributed by atoms with Crippen molar-refractivity contribution < 1.29 is 18.7 Å². The zero-order valence-electron chi connectivity index (χ0n) is 16.1. The zero-order valence-corrected chi connectivity index (χ0v) is 16.1. The molecule has 146 valence electrons. The van der Waals surface area contributed by atoms with Gasteiger partial charge in [0.25, 0.3) is 5.91 Å². The van der Waals surface area contributed by atoms with Gasteiger partial charge in [-0.15, -0.1) is 0 Å². The summed E-state index contributed by atoms with van der Waals surface area (Å²) < 4.78 is 16.8. The Balaban J connectivity index is 1.28. The van der Waals surface area contributed by atoms with Crippen molar-refractivity contribution in [1.82, 2.24) is 5.32 Å². The van der Waals surface area contributed by atoms with Gasteiger partial charge in [-0.2, -0.15) is 0 Å². The van der Waals surface area contributed by atoms with E-state index >= 15 is 0 Å². The highest BCUT2D eigenvalue weighted by Crippen LogP contribution is 2.33. The van der Waals surface area contributed by atoms with Crippen molar-refractivity contribution in [2.24, 2.45) is 0 Å². The molecule has 5 heteroatoms. The number of carbonyl (C=O) groups excluding carboxylic acids is 1. The molecule has 28 heavy (non-hydrogen) atoms. The maximum Gasteiger partial charge on any atom is 0.257 e. The molecule has 1 amide bonds. The van der Waals surface area contributed by atoms with Crippen LogP contribution >= 0.6 is 0 Å². The topological polar surface area (TPSA) is 60.7 Å². The molecule has 1 aliphatic carbocycles. The lowest BCUT2D eigenvalue weighted by Gasteiger charge is -2.09. The minimum Gasteiger partial charge on any atom is -0.497 e. The Morgan fingerprint density at radius 3 is 2.68 bits per heavy atom. The number of hydrogen-bond donors (Lipinski definition) is 1. The second-order valence-electron chi connectivity index (χ2n) is 7.11. The molecule has 0 aliphatic heterocycles. The van der Waals surface area contributed by atoms with E-state index in [1.807, 2.05) is 42.5 Å². The zero-order chi connectivity index (χ0) is 19.3. The molecule has 0 atom stereocenters. The van der Waals surface area contributed by atoms with E-state index in [2.05, 4.69) is 5.32 Å². The molecule has 4 rings (SSSR count). The van der Waals surface area contributed by atoms with Gasteiger partial charge in [0.15, 0.2) is 6.61 Å². The van der Waals surface area contributed by atoms with E-state index in [1.165, 1.54) is 18.4 Å². The quantitative estimate of drug-likeness (QED) is 0.673. The summed E-state index contributed by atoms with van der Waals surface area (Å²) in [7, 11) is 1.65. The maximum atomic E-state index is 12.1. The van der Waals surface area contributed by atoms with Crippen LogP contribution in [0.1, 0.15) is 29.7 Å². The van der Waals surface area contributed by atoms with Gasteiger partial charge in [-0.1, -0.05) is 12.1 Å². The van der Waals surface area contributed by atoms with Gasteiger partial charge in [0.2, 0.25) is 0 Å². The lowest BCUT2D eigenvalue weighted by molar-refractivity contribution is -0.123. The Labute approximate surface area is 164 Å². The van der Waals surface area contributed by atoms with Crippen LogP contribution < -0.4 is 14.8 Å². The number of hydrogen-bond acceptors (Lipinski definition) is 4. The summed E-state index contributed by atoms with van der Waals surface area (Å²) in [5, 5.41) is 4.02. The molecule has 5 nitrogen and oxygen atoms in total. The molecule has 1 aliphatic rings. The Morgan fingerprint density at radius 1 is 1.07 bits per heavy atom. The minimum absolute atomic E-state index is 0.00810. The van der Waals surface area contributed by atoms with Crippen molar-refractivity contribution >= 4 is 16.9 Å². The number of carbonyl (C=O) groups is 1. The molecule has 0 saturated heterocycles. The van der Waals surface area contributed by atoms with Gasteiger partial charge in [0.1, 0.15) is 22.8 Å². The first-order valence-electron chi connectivity index (χ1n) is 9.79. The molecule has 0 unspecified atom stereocenters. The van der Waals surface area contributed by atoms with Crippen LogP contribution in [0.5, 0.6) is 11.5 Å². The number of amides is 1. The van der Waals surface area contributed by atoms with Gasteiger partial charge in [-0.3, -0.25) is 4.79 Å². The summed E-state index contributed by atoms with van der Waals surface area (Å²) in [6.45, 7) is 0.580. The number of nitrogens with one attached hydrogen (secondary N) is 1. The molecule has 0 spiro atoms. The number of fused-ring (bicyclic) bond motifs is 3. The summed E-state index contributed by atoms with van der Waals surface area (Å²) in [5.74, 6) is 2.52. The van der Waals surface area contributed by atoms with Crippen LogP contribution in [0.15, 0.2) is 46.9 Å². The van der Waals surface area contributed by atoms with E-state index in [4.69, 9.17) is 13.9 Å². The number of aryl methyl sites for hydroxylation is 2. The van der Waals surface area contributed by atoms with E-state index in [1.54, 1.807) is 7.11 Å². The van der Waals surface area contributed by atoms with Gasteiger partial charge in [0, 0.05) is 23.9 Å². The Hall–Kier alpha value is -2.95. The average molecular weight is 379 g/mol. The van der Waals surface area contributed by atoms with Crippen molar-refractivity contribution in [3.05, 3.63) is 59.4 Å². The highest BCUT2D eigenvalue weighted by Gasteiger charge is 2.18. The molecule has 2 aromatic carbocycles. The number of methoxy groups -OCH3 is 1. The van der Waals surface area contributed by atoms with E-state index in [0.29, 0.717) is 12.3 Å². The van der Waals surface area contributed by atoms with Crippen molar-refractivity contribution in [3.8, 4) is 11.5 Å². The number of rotatable bonds is 7. The fourth-order valence-corrected chi connectivity index (χ4v) is 3.67. The first-order valence-corrected chi connectivity index (χ1v) is 9.79. The minimum atomic E-state index is -0.122. The maximum absolute atomic E-state index is 12.1. The summed E-state index contributed by atoms with van der Waals surface area (Å²) >= 11 is 0.